The average molecular weight is 415 g/mol. The van der Waals surface area contributed by atoms with Gasteiger partial charge in [-0.25, -0.2) is 0 Å². The maximum atomic E-state index is 8.75. The summed E-state index contributed by atoms with van der Waals surface area (Å²) < 4.78 is 0. The summed E-state index contributed by atoms with van der Waals surface area (Å²) in [6, 6.07) is 0. The van der Waals surface area contributed by atoms with Crippen molar-refractivity contribution in [3.63, 3.8) is 0 Å². The van der Waals surface area contributed by atoms with Gasteiger partial charge in [0.15, 0.2) is 0 Å². The minimum absolute atomic E-state index is 0. The Labute approximate surface area is 119 Å². The van der Waals surface area contributed by atoms with Crippen molar-refractivity contribution >= 4 is 0 Å². The predicted molar refractivity (Wildman–Crippen MR) is 40.4 cm³/mol. The fourth-order valence-electron chi connectivity index (χ4n) is 0.917. The van der Waals surface area contributed by atoms with E-state index in [-0.39, 0.29) is 63.1 Å². The molecule has 1 unspecified atom stereocenters. The third-order valence-electron chi connectivity index (χ3n) is 1.80. The standard InChI is InChI=1S/C8H18O.3ClH.Hf/c1-3-5-6-8(4-2)7-9;;;;/h8-9H,3-7H2,1-2H3;3*1H;/p-3. The smallest absolute Gasteiger partial charge is 0.0459 e. The molecule has 1 atom stereocenters. The number of aliphatic hydroxyl groups excluding tert-OH is 1. The zero-order valence-electron chi connectivity index (χ0n) is 8.19. The average Bonchev–Trinajstić information content (AvgIpc) is 1.91. The summed E-state index contributed by atoms with van der Waals surface area (Å²) in [6.45, 7) is 4.69. The van der Waals surface area contributed by atoms with Crippen LogP contribution in [-0.2, 0) is 25.8 Å². The molecule has 0 aliphatic heterocycles. The van der Waals surface area contributed by atoms with Crippen molar-refractivity contribution in [2.24, 2.45) is 5.92 Å². The van der Waals surface area contributed by atoms with E-state index in [1.165, 1.54) is 19.3 Å². The summed E-state index contributed by atoms with van der Waals surface area (Å²) in [5, 5.41) is 8.75. The molecule has 5 heteroatoms. The molecule has 0 aliphatic carbocycles. The quantitative estimate of drug-likeness (QED) is 0.443. The van der Waals surface area contributed by atoms with Crippen molar-refractivity contribution < 1.29 is 68.2 Å². The molecule has 84 valence electrons. The van der Waals surface area contributed by atoms with Gasteiger partial charge in [0.2, 0.25) is 0 Å². The molecule has 0 heterocycles. The number of unbranched alkanes of at least 4 members (excludes halogenated alkanes) is 1. The molecule has 1 nitrogen and oxygen atoms in total. The third-order valence-corrected chi connectivity index (χ3v) is 1.80. The van der Waals surface area contributed by atoms with E-state index >= 15 is 0 Å². The van der Waals surface area contributed by atoms with E-state index in [0.717, 1.165) is 6.42 Å². The second-order valence-electron chi connectivity index (χ2n) is 2.60. The van der Waals surface area contributed by atoms with Crippen LogP contribution in [0, 0.1) is 5.92 Å². The van der Waals surface area contributed by atoms with E-state index < -0.39 is 0 Å². The van der Waals surface area contributed by atoms with Gasteiger partial charge in [-0.2, -0.15) is 0 Å². The molecular weight excluding hydrogens is 397 g/mol. The van der Waals surface area contributed by atoms with Gasteiger partial charge in [-0.3, -0.25) is 0 Å². The van der Waals surface area contributed by atoms with Gasteiger partial charge in [-0.05, 0) is 12.3 Å². The Balaban J connectivity index is -0.0000000533. The van der Waals surface area contributed by atoms with Crippen LogP contribution in [0.3, 0.4) is 0 Å². The molecule has 13 heavy (non-hydrogen) atoms. The minimum Gasteiger partial charge on any atom is -1.00 e. The predicted octanol–water partition coefficient (Wildman–Crippen LogP) is -6.80. The van der Waals surface area contributed by atoms with Gasteiger partial charge in [-0.1, -0.05) is 33.1 Å². The van der Waals surface area contributed by atoms with Gasteiger partial charge < -0.3 is 42.3 Å². The number of aliphatic hydroxyl groups is 1. The maximum Gasteiger partial charge on any atom is 0.0459 e. The maximum absolute atomic E-state index is 8.75. The van der Waals surface area contributed by atoms with Crippen LogP contribution < -0.4 is 37.2 Å². The van der Waals surface area contributed by atoms with Crippen LogP contribution in [0.2, 0.25) is 0 Å². The van der Waals surface area contributed by atoms with Crippen molar-refractivity contribution in [3.8, 4) is 0 Å². The first-order valence-corrected chi connectivity index (χ1v) is 3.96. The Hall–Kier alpha value is 1.70. The van der Waals surface area contributed by atoms with Crippen molar-refractivity contribution in [2.45, 2.75) is 39.5 Å². The van der Waals surface area contributed by atoms with Crippen LogP contribution in [0.4, 0.5) is 0 Å². The SMILES string of the molecule is CCCCC(CC)CO.[Cl-].[Cl-].[Cl-].[Hf]. The van der Waals surface area contributed by atoms with Crippen molar-refractivity contribution in [1.82, 2.24) is 0 Å². The molecule has 0 aromatic carbocycles. The number of rotatable bonds is 5. The Bertz CT molecular complexity index is 63.4. The summed E-state index contributed by atoms with van der Waals surface area (Å²) >= 11 is 0. The van der Waals surface area contributed by atoms with Gasteiger partial charge in [0.05, 0.1) is 0 Å². The number of halogens is 3. The summed E-state index contributed by atoms with van der Waals surface area (Å²) in [7, 11) is 0. The van der Waals surface area contributed by atoms with E-state index in [1.54, 1.807) is 0 Å². The van der Waals surface area contributed by atoms with Gasteiger partial charge in [0, 0.05) is 32.5 Å². The van der Waals surface area contributed by atoms with Crippen LogP contribution in [-0.4, -0.2) is 11.7 Å². The van der Waals surface area contributed by atoms with Crippen LogP contribution in [0.15, 0.2) is 0 Å². The second-order valence-corrected chi connectivity index (χ2v) is 2.60. The van der Waals surface area contributed by atoms with Crippen molar-refractivity contribution in [1.29, 1.82) is 0 Å². The van der Waals surface area contributed by atoms with Crippen LogP contribution in [0.5, 0.6) is 0 Å². The van der Waals surface area contributed by atoms with E-state index in [2.05, 4.69) is 13.8 Å². The largest absolute Gasteiger partial charge is 1.00 e. The fourth-order valence-corrected chi connectivity index (χ4v) is 0.917. The summed E-state index contributed by atoms with van der Waals surface area (Å²) in [6.07, 6.45) is 4.83. The van der Waals surface area contributed by atoms with Gasteiger partial charge in [0.1, 0.15) is 0 Å². The molecule has 0 spiro atoms. The number of hydrogen-bond acceptors (Lipinski definition) is 1. The Morgan fingerprint density at radius 3 is 1.77 bits per heavy atom. The van der Waals surface area contributed by atoms with E-state index in [0.29, 0.717) is 12.5 Å². The van der Waals surface area contributed by atoms with Gasteiger partial charge in [0.25, 0.3) is 0 Å². The van der Waals surface area contributed by atoms with E-state index in [4.69, 9.17) is 5.11 Å². The molecule has 0 aromatic rings. The molecule has 0 fully saturated rings. The summed E-state index contributed by atoms with van der Waals surface area (Å²) in [5.41, 5.74) is 0. The molecule has 0 saturated heterocycles. The topological polar surface area (TPSA) is 20.2 Å². The number of hydrogen-bond donors (Lipinski definition) is 1. The van der Waals surface area contributed by atoms with Crippen LogP contribution in [0.25, 0.3) is 0 Å². The Kier molecular flexibility index (Phi) is 53.0. The first kappa shape index (κ1) is 29.3. The van der Waals surface area contributed by atoms with Crippen LogP contribution >= 0.6 is 0 Å². The molecule has 0 amide bonds. The molecule has 0 bridgehead atoms. The third kappa shape index (κ3) is 19.9. The molecule has 0 rings (SSSR count). The molecule has 0 aliphatic rings. The molecule has 0 aromatic heterocycles. The summed E-state index contributed by atoms with van der Waals surface area (Å²) in [5.74, 6) is 0.560. The first-order chi connectivity index (χ1) is 4.35. The second kappa shape index (κ2) is 23.5. The normalized spacial score (nSPS) is 9.46. The first-order valence-electron chi connectivity index (χ1n) is 3.96. The van der Waals surface area contributed by atoms with E-state index in [1.807, 2.05) is 0 Å². The monoisotopic (exact) mass is 415 g/mol. The van der Waals surface area contributed by atoms with Gasteiger partial charge >= 0.3 is 0 Å². The minimum atomic E-state index is 0. The fraction of sp³-hybridized carbons (Fsp3) is 1.00. The Morgan fingerprint density at radius 2 is 1.54 bits per heavy atom. The Morgan fingerprint density at radius 1 is 1.08 bits per heavy atom. The zero-order valence-corrected chi connectivity index (χ0v) is 14.1. The molecule has 0 radical (unpaired) electrons. The summed E-state index contributed by atoms with van der Waals surface area (Å²) in [4.78, 5) is 0. The molecule has 0 saturated carbocycles. The van der Waals surface area contributed by atoms with Crippen molar-refractivity contribution in [3.05, 3.63) is 0 Å². The molecule has 1 N–H and O–H groups in total. The van der Waals surface area contributed by atoms with Gasteiger partial charge in [-0.15, -0.1) is 0 Å². The molecular formula is C8H18Cl3HfO-3. The van der Waals surface area contributed by atoms with E-state index in [9.17, 15) is 0 Å². The van der Waals surface area contributed by atoms with Crippen molar-refractivity contribution in [2.75, 3.05) is 6.61 Å². The van der Waals surface area contributed by atoms with Crippen LogP contribution in [0.1, 0.15) is 39.5 Å². The zero-order chi connectivity index (χ0) is 7.11.